The van der Waals surface area contributed by atoms with Gasteiger partial charge in [-0.05, 0) is 25.0 Å². The summed E-state index contributed by atoms with van der Waals surface area (Å²) in [5.41, 5.74) is 2.01. The maximum absolute atomic E-state index is 6.04. The lowest BCUT2D eigenvalue weighted by molar-refractivity contribution is 1.08. The van der Waals surface area contributed by atoms with Crippen molar-refractivity contribution in [3.05, 3.63) is 39.1 Å². The Morgan fingerprint density at radius 1 is 1.41 bits per heavy atom. The highest BCUT2D eigenvalue weighted by Gasteiger charge is 2.05. The molecule has 0 saturated heterocycles. The van der Waals surface area contributed by atoms with Crippen molar-refractivity contribution in [2.45, 2.75) is 26.8 Å². The monoisotopic (exact) mass is 267 g/mol. The molecule has 0 amide bonds. The third-order valence-corrected chi connectivity index (χ3v) is 3.88. The number of halogens is 1. The summed E-state index contributed by atoms with van der Waals surface area (Å²) in [5.74, 6) is 0. The Bertz CT molecular complexity index is 490. The Morgan fingerprint density at radius 3 is 2.88 bits per heavy atom. The molecular weight excluding hydrogens is 254 g/mol. The van der Waals surface area contributed by atoms with Gasteiger partial charge in [0.2, 0.25) is 0 Å². The zero-order valence-corrected chi connectivity index (χ0v) is 11.4. The molecule has 0 unspecified atom stereocenters. The van der Waals surface area contributed by atoms with Crippen LogP contribution >= 0.6 is 22.9 Å². The van der Waals surface area contributed by atoms with Gasteiger partial charge >= 0.3 is 0 Å². The van der Waals surface area contributed by atoms with Crippen LogP contribution < -0.4 is 5.32 Å². The van der Waals surface area contributed by atoms with Crippen molar-refractivity contribution in [1.82, 2.24) is 9.97 Å². The minimum atomic E-state index is 0.519. The van der Waals surface area contributed by atoms with Crippen LogP contribution in [-0.2, 0) is 13.0 Å². The van der Waals surface area contributed by atoms with Gasteiger partial charge < -0.3 is 5.32 Å². The SMILES string of the molecule is CCc1ncc(CNc2c(C)ccnc2Cl)s1. The molecule has 0 radical (unpaired) electrons. The predicted molar refractivity (Wildman–Crippen MR) is 72.8 cm³/mol. The van der Waals surface area contributed by atoms with Crippen LogP contribution in [0.4, 0.5) is 5.69 Å². The Kier molecular flexibility index (Phi) is 3.97. The van der Waals surface area contributed by atoms with E-state index in [1.54, 1.807) is 17.5 Å². The number of aromatic nitrogens is 2. The van der Waals surface area contributed by atoms with Crippen LogP contribution in [0.5, 0.6) is 0 Å². The van der Waals surface area contributed by atoms with Crippen molar-refractivity contribution in [3.8, 4) is 0 Å². The average molecular weight is 268 g/mol. The van der Waals surface area contributed by atoms with Crippen LogP contribution in [0.2, 0.25) is 5.15 Å². The number of hydrogen-bond donors (Lipinski definition) is 1. The molecule has 0 atom stereocenters. The van der Waals surface area contributed by atoms with Crippen LogP contribution in [0.25, 0.3) is 0 Å². The Hall–Kier alpha value is -1.13. The van der Waals surface area contributed by atoms with E-state index in [-0.39, 0.29) is 0 Å². The highest BCUT2D eigenvalue weighted by molar-refractivity contribution is 7.11. The molecule has 5 heteroatoms. The second-order valence-electron chi connectivity index (χ2n) is 3.72. The molecule has 17 heavy (non-hydrogen) atoms. The maximum Gasteiger partial charge on any atom is 0.152 e. The van der Waals surface area contributed by atoms with Crippen molar-refractivity contribution in [3.63, 3.8) is 0 Å². The van der Waals surface area contributed by atoms with Gasteiger partial charge in [-0.2, -0.15) is 0 Å². The molecular formula is C12H14ClN3S. The van der Waals surface area contributed by atoms with Gasteiger partial charge in [-0.25, -0.2) is 9.97 Å². The molecule has 0 fully saturated rings. The summed E-state index contributed by atoms with van der Waals surface area (Å²) in [6.07, 6.45) is 4.61. The lowest BCUT2D eigenvalue weighted by atomic mass is 10.2. The summed E-state index contributed by atoms with van der Waals surface area (Å²) in [5, 5.41) is 4.99. The molecule has 0 aromatic carbocycles. The Morgan fingerprint density at radius 2 is 2.24 bits per heavy atom. The van der Waals surface area contributed by atoms with Gasteiger partial charge in [-0.15, -0.1) is 11.3 Å². The molecule has 2 aromatic heterocycles. The number of pyridine rings is 1. The van der Waals surface area contributed by atoms with E-state index < -0.39 is 0 Å². The number of hydrogen-bond acceptors (Lipinski definition) is 4. The molecule has 90 valence electrons. The molecule has 0 aliphatic heterocycles. The van der Waals surface area contributed by atoms with E-state index in [0.29, 0.717) is 5.15 Å². The van der Waals surface area contributed by atoms with Crippen molar-refractivity contribution < 1.29 is 0 Å². The number of nitrogens with zero attached hydrogens (tertiary/aromatic N) is 2. The highest BCUT2D eigenvalue weighted by atomic mass is 35.5. The van der Waals surface area contributed by atoms with Gasteiger partial charge in [0.15, 0.2) is 5.15 Å². The molecule has 3 nitrogen and oxygen atoms in total. The lowest BCUT2D eigenvalue weighted by Crippen LogP contribution is -2.01. The van der Waals surface area contributed by atoms with Gasteiger partial charge in [0.1, 0.15) is 0 Å². The zero-order valence-electron chi connectivity index (χ0n) is 9.83. The van der Waals surface area contributed by atoms with E-state index in [9.17, 15) is 0 Å². The van der Waals surface area contributed by atoms with Crippen LogP contribution in [0.1, 0.15) is 22.4 Å². The number of anilines is 1. The molecule has 0 spiro atoms. The van der Waals surface area contributed by atoms with Crippen LogP contribution in [0.15, 0.2) is 18.5 Å². The van der Waals surface area contributed by atoms with Crippen molar-refractivity contribution >= 4 is 28.6 Å². The first kappa shape index (κ1) is 12.3. The van der Waals surface area contributed by atoms with E-state index in [4.69, 9.17) is 11.6 Å². The molecule has 0 aliphatic rings. The average Bonchev–Trinajstić information content (AvgIpc) is 2.76. The van der Waals surface area contributed by atoms with Crippen LogP contribution in [0, 0.1) is 6.92 Å². The first-order valence-corrected chi connectivity index (χ1v) is 6.68. The molecule has 2 aromatic rings. The minimum Gasteiger partial charge on any atom is -0.377 e. The summed E-state index contributed by atoms with van der Waals surface area (Å²) in [6, 6.07) is 1.94. The van der Waals surface area contributed by atoms with Gasteiger partial charge in [-0.1, -0.05) is 18.5 Å². The fourth-order valence-electron chi connectivity index (χ4n) is 1.51. The molecule has 2 heterocycles. The number of thiazole rings is 1. The second kappa shape index (κ2) is 5.47. The summed E-state index contributed by atoms with van der Waals surface area (Å²) in [7, 11) is 0. The van der Waals surface area contributed by atoms with Gasteiger partial charge in [0, 0.05) is 17.3 Å². The summed E-state index contributed by atoms with van der Waals surface area (Å²) in [4.78, 5) is 9.60. The van der Waals surface area contributed by atoms with Gasteiger partial charge in [-0.3, -0.25) is 0 Å². The van der Waals surface area contributed by atoms with Crippen molar-refractivity contribution in [2.75, 3.05) is 5.32 Å². The van der Waals surface area contributed by atoms with Gasteiger partial charge in [0.25, 0.3) is 0 Å². The maximum atomic E-state index is 6.04. The Labute approximate surface area is 110 Å². The summed E-state index contributed by atoms with van der Waals surface area (Å²) < 4.78 is 0. The van der Waals surface area contributed by atoms with E-state index >= 15 is 0 Å². The van der Waals surface area contributed by atoms with E-state index in [0.717, 1.165) is 29.2 Å². The first-order valence-electron chi connectivity index (χ1n) is 5.49. The first-order chi connectivity index (χ1) is 8.20. The lowest BCUT2D eigenvalue weighted by Gasteiger charge is -2.08. The molecule has 2 rings (SSSR count). The van der Waals surface area contributed by atoms with E-state index in [1.807, 2.05) is 19.2 Å². The Balaban J connectivity index is 2.07. The second-order valence-corrected chi connectivity index (χ2v) is 5.28. The van der Waals surface area contributed by atoms with Crippen LogP contribution in [0.3, 0.4) is 0 Å². The zero-order chi connectivity index (χ0) is 12.3. The fourth-order valence-corrected chi connectivity index (χ4v) is 2.58. The third kappa shape index (κ3) is 2.96. The predicted octanol–water partition coefficient (Wildman–Crippen LogP) is 3.67. The standard InChI is InChI=1S/C12H14ClN3S/c1-3-10-15-6-9(17-10)7-16-11-8(2)4-5-14-12(11)13/h4-6,16H,3,7H2,1-2H3. The quantitative estimate of drug-likeness (QED) is 0.859. The topological polar surface area (TPSA) is 37.8 Å². The van der Waals surface area contributed by atoms with Crippen molar-refractivity contribution in [2.24, 2.45) is 0 Å². The van der Waals surface area contributed by atoms with E-state index in [1.165, 1.54) is 4.88 Å². The summed E-state index contributed by atoms with van der Waals surface area (Å²) >= 11 is 7.77. The highest BCUT2D eigenvalue weighted by Crippen LogP contribution is 2.24. The molecule has 1 N–H and O–H groups in total. The third-order valence-electron chi connectivity index (χ3n) is 2.46. The number of nitrogens with one attached hydrogen (secondary N) is 1. The number of aryl methyl sites for hydroxylation is 2. The van der Waals surface area contributed by atoms with Crippen molar-refractivity contribution in [1.29, 1.82) is 0 Å². The molecule has 0 bridgehead atoms. The van der Waals surface area contributed by atoms with Gasteiger partial charge in [0.05, 0.1) is 17.2 Å². The normalized spacial score (nSPS) is 10.5. The number of rotatable bonds is 4. The van der Waals surface area contributed by atoms with Crippen LogP contribution in [-0.4, -0.2) is 9.97 Å². The summed E-state index contributed by atoms with van der Waals surface area (Å²) in [6.45, 7) is 4.86. The largest absolute Gasteiger partial charge is 0.377 e. The fraction of sp³-hybridized carbons (Fsp3) is 0.333. The smallest absolute Gasteiger partial charge is 0.152 e. The molecule has 0 aliphatic carbocycles. The minimum absolute atomic E-state index is 0.519. The van der Waals surface area contributed by atoms with E-state index in [2.05, 4.69) is 22.2 Å². The molecule has 0 saturated carbocycles.